The van der Waals surface area contributed by atoms with Crippen LogP contribution in [0.3, 0.4) is 0 Å². The van der Waals surface area contributed by atoms with E-state index in [1.165, 1.54) is 0 Å². The van der Waals surface area contributed by atoms with Crippen molar-refractivity contribution < 1.29 is 19.4 Å². The molecule has 0 spiro atoms. The predicted molar refractivity (Wildman–Crippen MR) is 74.6 cm³/mol. The van der Waals surface area contributed by atoms with Gasteiger partial charge in [-0.3, -0.25) is 4.79 Å². The molecule has 0 radical (unpaired) electrons. The van der Waals surface area contributed by atoms with Gasteiger partial charge in [0.15, 0.2) is 0 Å². The Balaban J connectivity index is 2.51. The molecular formula is C13H25N3O4. The third-order valence-electron chi connectivity index (χ3n) is 3.40. The Morgan fingerprint density at radius 3 is 2.50 bits per heavy atom. The average Bonchev–Trinajstić information content (AvgIpc) is 2.75. The third kappa shape index (κ3) is 4.97. The van der Waals surface area contributed by atoms with Crippen molar-refractivity contribution in [1.82, 2.24) is 15.5 Å². The normalized spacial score (nSPS) is 23.9. The molecule has 7 heteroatoms. The summed E-state index contributed by atoms with van der Waals surface area (Å²) in [7, 11) is 3.89. The van der Waals surface area contributed by atoms with Crippen molar-refractivity contribution in [2.75, 3.05) is 33.9 Å². The minimum Gasteiger partial charge on any atom is -0.481 e. The first-order valence-electron chi connectivity index (χ1n) is 6.83. The first kappa shape index (κ1) is 16.7. The number of amides is 2. The Hall–Kier alpha value is -1.34. The number of aliphatic carboxylic acids is 1. The van der Waals surface area contributed by atoms with E-state index in [2.05, 4.69) is 10.6 Å². The second-order valence-electron chi connectivity index (χ2n) is 5.82. The molecule has 1 aliphatic heterocycles. The first-order valence-corrected chi connectivity index (χ1v) is 6.83. The molecule has 3 unspecified atom stereocenters. The van der Waals surface area contributed by atoms with E-state index in [-0.39, 0.29) is 25.3 Å². The Morgan fingerprint density at radius 2 is 2.00 bits per heavy atom. The molecule has 1 heterocycles. The zero-order chi connectivity index (χ0) is 15.3. The van der Waals surface area contributed by atoms with Crippen LogP contribution in [-0.2, 0) is 9.53 Å². The van der Waals surface area contributed by atoms with E-state index in [0.717, 1.165) is 6.54 Å². The van der Waals surface area contributed by atoms with Crippen LogP contribution >= 0.6 is 0 Å². The molecule has 1 rings (SSSR count). The standard InChI is InChI=1S/C13H25N3O4/c1-8(2)10(5-16(3)4)14-13(19)15-11-7-20-6-9(11)12(17)18/h8-11H,5-7H2,1-4H3,(H,17,18)(H2,14,15,19). The quantitative estimate of drug-likeness (QED) is 0.638. The van der Waals surface area contributed by atoms with E-state index in [1.54, 1.807) is 0 Å². The number of nitrogens with one attached hydrogen (secondary N) is 2. The predicted octanol–water partition coefficient (Wildman–Crippen LogP) is -0.0286. The number of hydrogen-bond donors (Lipinski definition) is 3. The van der Waals surface area contributed by atoms with E-state index in [1.807, 2.05) is 32.8 Å². The van der Waals surface area contributed by atoms with Gasteiger partial charge in [0.05, 0.1) is 19.3 Å². The van der Waals surface area contributed by atoms with Crippen LogP contribution < -0.4 is 10.6 Å². The molecular weight excluding hydrogens is 262 g/mol. The Labute approximate surface area is 119 Å². The van der Waals surface area contributed by atoms with Crippen molar-refractivity contribution >= 4 is 12.0 Å². The lowest BCUT2D eigenvalue weighted by atomic mass is 10.0. The molecule has 0 aromatic carbocycles. The highest BCUT2D eigenvalue weighted by molar-refractivity contribution is 5.77. The Kier molecular flexibility index (Phi) is 6.22. The summed E-state index contributed by atoms with van der Waals surface area (Å²) in [5.41, 5.74) is 0. The fraction of sp³-hybridized carbons (Fsp3) is 0.846. The summed E-state index contributed by atoms with van der Waals surface area (Å²) >= 11 is 0. The molecule has 116 valence electrons. The summed E-state index contributed by atoms with van der Waals surface area (Å²) < 4.78 is 5.12. The minimum absolute atomic E-state index is 0.00981. The second kappa shape index (κ2) is 7.44. The lowest BCUT2D eigenvalue weighted by Gasteiger charge is -2.26. The molecule has 0 bridgehead atoms. The zero-order valence-corrected chi connectivity index (χ0v) is 12.5. The largest absolute Gasteiger partial charge is 0.481 e. The highest BCUT2D eigenvalue weighted by Gasteiger charge is 2.35. The van der Waals surface area contributed by atoms with Crippen molar-refractivity contribution in [3.8, 4) is 0 Å². The SMILES string of the molecule is CC(C)C(CN(C)C)NC(=O)NC1COCC1C(=O)O. The van der Waals surface area contributed by atoms with Crippen molar-refractivity contribution in [3.05, 3.63) is 0 Å². The summed E-state index contributed by atoms with van der Waals surface area (Å²) in [4.78, 5) is 25.0. The molecule has 3 N–H and O–H groups in total. The Morgan fingerprint density at radius 1 is 1.35 bits per heavy atom. The molecule has 7 nitrogen and oxygen atoms in total. The zero-order valence-electron chi connectivity index (χ0n) is 12.5. The molecule has 3 atom stereocenters. The van der Waals surface area contributed by atoms with Crippen LogP contribution in [0.1, 0.15) is 13.8 Å². The summed E-state index contributed by atoms with van der Waals surface area (Å²) in [6, 6.07) is -0.803. The van der Waals surface area contributed by atoms with Gasteiger partial charge in [0.1, 0.15) is 5.92 Å². The number of carbonyl (C=O) groups is 2. The topological polar surface area (TPSA) is 90.9 Å². The lowest BCUT2D eigenvalue weighted by molar-refractivity contribution is -0.142. The average molecular weight is 287 g/mol. The van der Waals surface area contributed by atoms with Gasteiger partial charge >= 0.3 is 12.0 Å². The van der Waals surface area contributed by atoms with Crippen LogP contribution in [-0.4, -0.2) is 67.9 Å². The highest BCUT2D eigenvalue weighted by Crippen LogP contribution is 2.13. The number of carboxylic acid groups (broad SMARTS) is 1. The van der Waals surface area contributed by atoms with Gasteiger partial charge in [-0.05, 0) is 20.0 Å². The highest BCUT2D eigenvalue weighted by atomic mass is 16.5. The maximum Gasteiger partial charge on any atom is 0.315 e. The monoisotopic (exact) mass is 287 g/mol. The van der Waals surface area contributed by atoms with Crippen molar-refractivity contribution in [2.24, 2.45) is 11.8 Å². The number of carboxylic acids is 1. The molecule has 2 amide bonds. The van der Waals surface area contributed by atoms with E-state index < -0.39 is 17.9 Å². The van der Waals surface area contributed by atoms with Crippen LogP contribution in [0.4, 0.5) is 4.79 Å². The van der Waals surface area contributed by atoms with Gasteiger partial charge in [-0.15, -0.1) is 0 Å². The van der Waals surface area contributed by atoms with Gasteiger partial charge in [-0.25, -0.2) is 4.79 Å². The fourth-order valence-corrected chi connectivity index (χ4v) is 2.13. The summed E-state index contributed by atoms with van der Waals surface area (Å²) in [6.07, 6.45) is 0. The van der Waals surface area contributed by atoms with Gasteiger partial charge in [0, 0.05) is 12.6 Å². The minimum atomic E-state index is -0.943. The smallest absolute Gasteiger partial charge is 0.315 e. The van der Waals surface area contributed by atoms with E-state index >= 15 is 0 Å². The number of rotatable bonds is 6. The van der Waals surface area contributed by atoms with Gasteiger partial charge in [-0.1, -0.05) is 13.8 Å². The van der Waals surface area contributed by atoms with E-state index in [9.17, 15) is 9.59 Å². The van der Waals surface area contributed by atoms with Crippen molar-refractivity contribution in [2.45, 2.75) is 25.9 Å². The van der Waals surface area contributed by atoms with Crippen molar-refractivity contribution in [1.29, 1.82) is 0 Å². The summed E-state index contributed by atoms with van der Waals surface area (Å²) in [5.74, 6) is -1.33. The number of likely N-dealkylation sites (N-methyl/N-ethyl adjacent to an activating group) is 1. The molecule has 0 aliphatic carbocycles. The van der Waals surface area contributed by atoms with Gasteiger partial charge in [0.2, 0.25) is 0 Å². The van der Waals surface area contributed by atoms with Crippen LogP contribution in [0.15, 0.2) is 0 Å². The first-order chi connectivity index (χ1) is 9.31. The van der Waals surface area contributed by atoms with Crippen LogP contribution in [0, 0.1) is 11.8 Å². The molecule has 0 aromatic rings. The van der Waals surface area contributed by atoms with Crippen LogP contribution in [0.2, 0.25) is 0 Å². The molecule has 20 heavy (non-hydrogen) atoms. The number of carbonyl (C=O) groups excluding carboxylic acids is 1. The van der Waals surface area contributed by atoms with Gasteiger partial charge in [0.25, 0.3) is 0 Å². The Bertz CT molecular complexity index is 347. The molecule has 1 aliphatic rings. The summed E-state index contributed by atoms with van der Waals surface area (Å²) in [6.45, 7) is 5.19. The third-order valence-corrected chi connectivity index (χ3v) is 3.40. The number of ether oxygens (including phenoxy) is 1. The van der Waals surface area contributed by atoms with Crippen LogP contribution in [0.5, 0.6) is 0 Å². The lowest BCUT2D eigenvalue weighted by Crippen LogP contribution is -2.53. The van der Waals surface area contributed by atoms with Gasteiger partial charge < -0.3 is 25.4 Å². The molecule has 0 aromatic heterocycles. The summed E-state index contributed by atoms with van der Waals surface area (Å²) in [5, 5.41) is 14.6. The maximum absolute atomic E-state index is 12.0. The molecule has 0 saturated carbocycles. The number of hydrogen-bond acceptors (Lipinski definition) is 4. The van der Waals surface area contributed by atoms with Crippen LogP contribution in [0.25, 0.3) is 0 Å². The maximum atomic E-state index is 12.0. The van der Waals surface area contributed by atoms with E-state index in [4.69, 9.17) is 9.84 Å². The van der Waals surface area contributed by atoms with E-state index in [0.29, 0.717) is 5.92 Å². The second-order valence-corrected chi connectivity index (χ2v) is 5.82. The fourth-order valence-electron chi connectivity index (χ4n) is 2.13. The number of urea groups is 1. The number of nitrogens with zero attached hydrogens (tertiary/aromatic N) is 1. The van der Waals surface area contributed by atoms with Crippen molar-refractivity contribution in [3.63, 3.8) is 0 Å². The molecule has 1 saturated heterocycles. The van der Waals surface area contributed by atoms with Gasteiger partial charge in [-0.2, -0.15) is 0 Å². The molecule has 1 fully saturated rings.